The van der Waals surface area contributed by atoms with Gasteiger partial charge in [0.1, 0.15) is 17.5 Å². The molecule has 0 radical (unpaired) electrons. The van der Waals surface area contributed by atoms with Crippen LogP contribution in [0.3, 0.4) is 0 Å². The quantitative estimate of drug-likeness (QED) is 0.762. The van der Waals surface area contributed by atoms with E-state index in [4.69, 9.17) is 0 Å². The van der Waals surface area contributed by atoms with Gasteiger partial charge in [0, 0.05) is 18.7 Å². The van der Waals surface area contributed by atoms with Crippen molar-refractivity contribution in [2.45, 2.75) is 25.8 Å². The second kappa shape index (κ2) is 6.90. The fraction of sp³-hybridized carbons (Fsp3) is 0.333. The highest BCUT2D eigenvalue weighted by Crippen LogP contribution is 2.36. The number of carbonyl (C=O) groups excluding carboxylic acids is 1. The van der Waals surface area contributed by atoms with Gasteiger partial charge in [-0.3, -0.25) is 4.79 Å². The zero-order valence-electron chi connectivity index (χ0n) is 14.7. The van der Waals surface area contributed by atoms with Crippen LogP contribution in [0.1, 0.15) is 42.0 Å². The van der Waals surface area contributed by atoms with Gasteiger partial charge < -0.3 is 10.2 Å². The first kappa shape index (κ1) is 17.3. The number of hydrogen-bond acceptors (Lipinski definition) is 5. The van der Waals surface area contributed by atoms with E-state index in [1.54, 1.807) is 12.1 Å². The summed E-state index contributed by atoms with van der Waals surface area (Å²) >= 11 is 0. The highest BCUT2D eigenvalue weighted by molar-refractivity contribution is 5.91. The standard InChI is InChI=1S/C18H18F2N6O/c1-2-21-18(27)17-23-22-15-7-8-16(24-26(15)17)25-9-3-4-14(25)12-10-11(19)5-6-13(12)20/h5-8,10,14H,2-4,9H2,1H3,(H,21,27)/t14-/m1/s1. The molecule has 1 aromatic carbocycles. The Morgan fingerprint density at radius 1 is 1.26 bits per heavy atom. The van der Waals surface area contributed by atoms with E-state index in [9.17, 15) is 13.6 Å². The van der Waals surface area contributed by atoms with E-state index in [1.165, 1.54) is 10.6 Å². The number of nitrogens with zero attached hydrogens (tertiary/aromatic N) is 5. The predicted molar refractivity (Wildman–Crippen MR) is 94.5 cm³/mol. The molecule has 140 valence electrons. The van der Waals surface area contributed by atoms with Crippen LogP contribution in [-0.4, -0.2) is 38.8 Å². The third-order valence-electron chi connectivity index (χ3n) is 4.65. The second-order valence-corrected chi connectivity index (χ2v) is 6.36. The van der Waals surface area contributed by atoms with Crippen molar-refractivity contribution in [1.29, 1.82) is 0 Å². The molecule has 0 aliphatic carbocycles. The molecule has 1 atom stereocenters. The molecule has 3 aromatic rings. The van der Waals surface area contributed by atoms with Crippen molar-refractivity contribution in [3.63, 3.8) is 0 Å². The first-order valence-corrected chi connectivity index (χ1v) is 8.80. The van der Waals surface area contributed by atoms with E-state index in [0.717, 1.165) is 18.6 Å². The van der Waals surface area contributed by atoms with Crippen molar-refractivity contribution >= 4 is 17.4 Å². The summed E-state index contributed by atoms with van der Waals surface area (Å²) in [6, 6.07) is 6.62. The maximum atomic E-state index is 14.3. The van der Waals surface area contributed by atoms with Crippen molar-refractivity contribution in [3.8, 4) is 0 Å². The molecule has 4 rings (SSSR count). The van der Waals surface area contributed by atoms with Gasteiger partial charge in [-0.1, -0.05) is 0 Å². The minimum Gasteiger partial charge on any atom is -0.350 e. The number of aromatic nitrogens is 4. The van der Waals surface area contributed by atoms with Crippen molar-refractivity contribution < 1.29 is 13.6 Å². The zero-order chi connectivity index (χ0) is 19.0. The Bertz CT molecular complexity index is 1000. The number of fused-ring (bicyclic) bond motifs is 1. The summed E-state index contributed by atoms with van der Waals surface area (Å²) in [5.74, 6) is -0.648. The van der Waals surface area contributed by atoms with Crippen molar-refractivity contribution in [3.05, 3.63) is 53.4 Å². The third-order valence-corrected chi connectivity index (χ3v) is 4.65. The SMILES string of the molecule is CCNC(=O)c1nnc2ccc(N3CCC[C@@H]3c3cc(F)ccc3F)nn12. The van der Waals surface area contributed by atoms with Crippen molar-refractivity contribution in [1.82, 2.24) is 25.1 Å². The minimum absolute atomic E-state index is 0.0846. The summed E-state index contributed by atoms with van der Waals surface area (Å²) in [5, 5.41) is 15.0. The minimum atomic E-state index is -0.473. The molecule has 1 fully saturated rings. The highest BCUT2D eigenvalue weighted by Gasteiger charge is 2.30. The second-order valence-electron chi connectivity index (χ2n) is 6.36. The molecule has 0 spiro atoms. The van der Waals surface area contributed by atoms with E-state index in [2.05, 4.69) is 20.6 Å². The van der Waals surface area contributed by atoms with E-state index in [0.29, 0.717) is 36.5 Å². The average molecular weight is 372 g/mol. The largest absolute Gasteiger partial charge is 0.350 e. The number of nitrogens with one attached hydrogen (secondary N) is 1. The molecule has 0 unspecified atom stereocenters. The predicted octanol–water partition coefficient (Wildman–Crippen LogP) is 2.49. The van der Waals surface area contributed by atoms with Crippen LogP contribution in [-0.2, 0) is 0 Å². The van der Waals surface area contributed by atoms with Gasteiger partial charge in [-0.25, -0.2) is 8.78 Å². The van der Waals surface area contributed by atoms with E-state index in [-0.39, 0.29) is 17.8 Å². The van der Waals surface area contributed by atoms with Gasteiger partial charge in [0.05, 0.1) is 6.04 Å². The molecule has 1 N–H and O–H groups in total. The Labute approximate surface area is 154 Å². The smallest absolute Gasteiger partial charge is 0.291 e. The van der Waals surface area contributed by atoms with Gasteiger partial charge in [0.2, 0.25) is 5.82 Å². The first-order valence-electron chi connectivity index (χ1n) is 8.80. The number of rotatable bonds is 4. The highest BCUT2D eigenvalue weighted by atomic mass is 19.1. The van der Waals surface area contributed by atoms with Crippen LogP contribution in [0.2, 0.25) is 0 Å². The van der Waals surface area contributed by atoms with Crippen LogP contribution >= 0.6 is 0 Å². The summed E-state index contributed by atoms with van der Waals surface area (Å²) in [4.78, 5) is 14.1. The van der Waals surface area contributed by atoms with Crippen LogP contribution in [0.5, 0.6) is 0 Å². The lowest BCUT2D eigenvalue weighted by Gasteiger charge is -2.26. The van der Waals surface area contributed by atoms with Crippen LogP contribution in [0.15, 0.2) is 30.3 Å². The molecule has 0 bridgehead atoms. The van der Waals surface area contributed by atoms with Gasteiger partial charge in [0.15, 0.2) is 5.65 Å². The zero-order valence-corrected chi connectivity index (χ0v) is 14.7. The van der Waals surface area contributed by atoms with Crippen LogP contribution in [0.25, 0.3) is 5.65 Å². The Morgan fingerprint density at radius 3 is 2.93 bits per heavy atom. The topological polar surface area (TPSA) is 75.4 Å². The third kappa shape index (κ3) is 3.09. The lowest BCUT2D eigenvalue weighted by atomic mass is 10.0. The summed E-state index contributed by atoms with van der Waals surface area (Å²) in [5.41, 5.74) is 0.745. The molecule has 1 aliphatic heterocycles. The molecule has 9 heteroatoms. The van der Waals surface area contributed by atoms with Gasteiger partial charge in [-0.2, -0.15) is 4.52 Å². The van der Waals surface area contributed by atoms with Crippen LogP contribution in [0.4, 0.5) is 14.6 Å². The number of carbonyl (C=O) groups is 1. The molecule has 1 aliphatic rings. The molecule has 7 nitrogen and oxygen atoms in total. The average Bonchev–Trinajstić information content (AvgIpc) is 3.30. The van der Waals surface area contributed by atoms with Crippen LogP contribution < -0.4 is 10.2 Å². The summed E-state index contributed by atoms with van der Waals surface area (Å²) in [6.45, 7) is 2.92. The summed E-state index contributed by atoms with van der Waals surface area (Å²) < 4.78 is 29.3. The molecule has 2 aromatic heterocycles. The molecule has 3 heterocycles. The van der Waals surface area contributed by atoms with Crippen molar-refractivity contribution in [2.75, 3.05) is 18.0 Å². The van der Waals surface area contributed by atoms with E-state index in [1.807, 2.05) is 11.8 Å². The summed E-state index contributed by atoms with van der Waals surface area (Å²) in [6.07, 6.45) is 1.51. The van der Waals surface area contributed by atoms with Gasteiger partial charge in [-0.05, 0) is 50.1 Å². The van der Waals surface area contributed by atoms with Crippen molar-refractivity contribution in [2.24, 2.45) is 0 Å². The number of halogens is 2. The Balaban J connectivity index is 1.73. The maximum Gasteiger partial charge on any atom is 0.291 e. The summed E-state index contributed by atoms with van der Waals surface area (Å²) in [7, 11) is 0. The number of benzene rings is 1. The lowest BCUT2D eigenvalue weighted by Crippen LogP contribution is -2.27. The maximum absolute atomic E-state index is 14.3. The number of hydrogen-bond donors (Lipinski definition) is 1. The molecule has 27 heavy (non-hydrogen) atoms. The van der Waals surface area contributed by atoms with Gasteiger partial charge >= 0.3 is 0 Å². The molecule has 1 saturated heterocycles. The number of anilines is 1. The van der Waals surface area contributed by atoms with E-state index < -0.39 is 11.6 Å². The fourth-order valence-corrected chi connectivity index (χ4v) is 3.45. The normalized spacial score (nSPS) is 16.9. The molecule has 0 saturated carbocycles. The molecule has 1 amide bonds. The lowest BCUT2D eigenvalue weighted by molar-refractivity contribution is 0.0943. The monoisotopic (exact) mass is 372 g/mol. The Morgan fingerprint density at radius 2 is 2.11 bits per heavy atom. The Hall–Kier alpha value is -3.10. The van der Waals surface area contributed by atoms with Crippen LogP contribution in [0, 0.1) is 11.6 Å². The molecular formula is C18H18F2N6O. The van der Waals surface area contributed by atoms with E-state index >= 15 is 0 Å². The van der Waals surface area contributed by atoms with Gasteiger partial charge in [-0.15, -0.1) is 15.3 Å². The fourth-order valence-electron chi connectivity index (χ4n) is 3.45. The number of amides is 1. The Kier molecular flexibility index (Phi) is 4.43. The molecular weight excluding hydrogens is 354 g/mol. The first-order chi connectivity index (χ1) is 13.1. The van der Waals surface area contributed by atoms with Gasteiger partial charge in [0.25, 0.3) is 5.91 Å².